The van der Waals surface area contributed by atoms with Crippen LogP contribution in [-0.2, 0) is 11.3 Å². The molecule has 4 rings (SSSR count). The number of fused-ring (bicyclic) bond motifs is 1. The Morgan fingerprint density at radius 1 is 1.27 bits per heavy atom. The van der Waals surface area contributed by atoms with Gasteiger partial charge in [0.05, 0.1) is 18.1 Å². The van der Waals surface area contributed by atoms with Crippen molar-refractivity contribution >= 4 is 16.9 Å². The lowest BCUT2D eigenvalue weighted by atomic mass is 10.1. The molecule has 0 saturated carbocycles. The molecule has 6 heteroatoms. The summed E-state index contributed by atoms with van der Waals surface area (Å²) >= 11 is 0. The molecule has 0 radical (unpaired) electrons. The summed E-state index contributed by atoms with van der Waals surface area (Å²) in [6.45, 7) is 6.50. The first-order valence-electron chi connectivity index (χ1n) is 9.05. The zero-order valence-electron chi connectivity index (χ0n) is 15.2. The lowest BCUT2D eigenvalue weighted by Gasteiger charge is -2.34. The van der Waals surface area contributed by atoms with Gasteiger partial charge < -0.3 is 9.64 Å². The molecule has 0 aliphatic carbocycles. The number of piperidine rings is 1. The van der Waals surface area contributed by atoms with Crippen molar-refractivity contribution in [3.05, 3.63) is 53.7 Å². The molecule has 0 bridgehead atoms. The molecule has 0 aromatic carbocycles. The van der Waals surface area contributed by atoms with Crippen molar-refractivity contribution in [3.8, 4) is 0 Å². The Morgan fingerprint density at radius 2 is 2.19 bits per heavy atom. The van der Waals surface area contributed by atoms with Gasteiger partial charge in [0.2, 0.25) is 0 Å². The molecule has 4 heterocycles. The lowest BCUT2D eigenvalue weighted by Crippen LogP contribution is -2.40. The molecule has 26 heavy (non-hydrogen) atoms. The summed E-state index contributed by atoms with van der Waals surface area (Å²) in [6.07, 6.45) is 7.59. The molecule has 1 aliphatic rings. The normalized spacial score (nSPS) is 17.6. The van der Waals surface area contributed by atoms with E-state index in [9.17, 15) is 0 Å². The van der Waals surface area contributed by atoms with Crippen molar-refractivity contribution in [1.29, 1.82) is 0 Å². The number of aryl methyl sites for hydroxylation is 2. The molecular formula is C20H23N5O. The maximum atomic E-state index is 6.14. The van der Waals surface area contributed by atoms with Crippen LogP contribution in [0.2, 0.25) is 0 Å². The third kappa shape index (κ3) is 3.51. The molecule has 1 saturated heterocycles. The summed E-state index contributed by atoms with van der Waals surface area (Å²) in [5.41, 5.74) is 4.02. The van der Waals surface area contributed by atoms with Crippen molar-refractivity contribution < 1.29 is 4.74 Å². The van der Waals surface area contributed by atoms with E-state index in [2.05, 4.69) is 37.8 Å². The van der Waals surface area contributed by atoms with E-state index in [4.69, 9.17) is 4.74 Å². The average Bonchev–Trinajstić information content (AvgIpc) is 2.67. The highest BCUT2D eigenvalue weighted by Gasteiger charge is 2.24. The van der Waals surface area contributed by atoms with E-state index >= 15 is 0 Å². The number of nitrogens with zero attached hydrogens (tertiary/aromatic N) is 5. The van der Waals surface area contributed by atoms with Gasteiger partial charge in [-0.2, -0.15) is 0 Å². The number of pyridine rings is 2. The van der Waals surface area contributed by atoms with E-state index in [1.807, 2.05) is 25.3 Å². The van der Waals surface area contributed by atoms with E-state index in [1.54, 1.807) is 12.5 Å². The maximum absolute atomic E-state index is 6.14. The predicted molar refractivity (Wildman–Crippen MR) is 101 cm³/mol. The van der Waals surface area contributed by atoms with Crippen LogP contribution in [-0.4, -0.2) is 39.1 Å². The third-order valence-corrected chi connectivity index (χ3v) is 4.80. The molecule has 0 spiro atoms. The first-order valence-corrected chi connectivity index (χ1v) is 9.05. The molecule has 3 aromatic rings. The Labute approximate surface area is 153 Å². The van der Waals surface area contributed by atoms with Crippen molar-refractivity contribution in [2.75, 3.05) is 18.0 Å². The smallest absolute Gasteiger partial charge is 0.165 e. The van der Waals surface area contributed by atoms with E-state index < -0.39 is 0 Å². The molecule has 134 valence electrons. The highest BCUT2D eigenvalue weighted by Crippen LogP contribution is 2.28. The summed E-state index contributed by atoms with van der Waals surface area (Å²) in [5, 5.41) is 1.05. The molecule has 0 N–H and O–H groups in total. The number of anilines is 1. The number of hydrogen-bond acceptors (Lipinski definition) is 6. The van der Waals surface area contributed by atoms with Gasteiger partial charge in [0, 0.05) is 31.2 Å². The van der Waals surface area contributed by atoms with Crippen LogP contribution in [0.3, 0.4) is 0 Å². The number of aromatic nitrogens is 4. The monoisotopic (exact) mass is 349 g/mol. The van der Waals surface area contributed by atoms with E-state index in [1.165, 1.54) is 5.56 Å². The van der Waals surface area contributed by atoms with Gasteiger partial charge in [-0.05, 0) is 49.9 Å². The molecular weight excluding hydrogens is 326 g/mol. The standard InChI is InChI=1S/C20H23N5O/c1-14-9-15(2)24-19-18(14)20(23-13-22-19)25-8-4-6-17(11-25)26-12-16-5-3-7-21-10-16/h3,5,7,9-10,13,17H,4,6,8,11-12H2,1-2H3/t17-/m0/s1. The Hall–Kier alpha value is -2.60. The van der Waals surface area contributed by atoms with Crippen molar-refractivity contribution in [1.82, 2.24) is 19.9 Å². The Bertz CT molecular complexity index is 899. The number of hydrogen-bond donors (Lipinski definition) is 0. The lowest BCUT2D eigenvalue weighted by molar-refractivity contribution is 0.0313. The molecule has 3 aromatic heterocycles. The SMILES string of the molecule is Cc1cc(C)c2c(N3CCC[C@H](OCc4cccnc4)C3)ncnc2n1. The fourth-order valence-corrected chi connectivity index (χ4v) is 3.59. The summed E-state index contributed by atoms with van der Waals surface area (Å²) in [6, 6.07) is 6.08. The highest BCUT2D eigenvalue weighted by molar-refractivity contribution is 5.90. The van der Waals surface area contributed by atoms with Gasteiger partial charge in [-0.15, -0.1) is 0 Å². The third-order valence-electron chi connectivity index (χ3n) is 4.80. The van der Waals surface area contributed by atoms with Crippen LogP contribution in [0.25, 0.3) is 11.0 Å². The Kier molecular flexibility index (Phi) is 4.75. The van der Waals surface area contributed by atoms with Gasteiger partial charge in [0.1, 0.15) is 12.1 Å². The summed E-state index contributed by atoms with van der Waals surface area (Å²) in [7, 11) is 0. The first-order chi connectivity index (χ1) is 12.7. The zero-order chi connectivity index (χ0) is 17.9. The van der Waals surface area contributed by atoms with Crippen LogP contribution >= 0.6 is 0 Å². The molecule has 1 aliphatic heterocycles. The van der Waals surface area contributed by atoms with Crippen molar-refractivity contribution in [3.63, 3.8) is 0 Å². The van der Waals surface area contributed by atoms with E-state index in [-0.39, 0.29) is 6.10 Å². The van der Waals surface area contributed by atoms with Gasteiger partial charge in [0.15, 0.2) is 5.65 Å². The fourth-order valence-electron chi connectivity index (χ4n) is 3.59. The number of ether oxygens (including phenoxy) is 1. The molecule has 1 atom stereocenters. The largest absolute Gasteiger partial charge is 0.372 e. The Balaban J connectivity index is 1.54. The first kappa shape index (κ1) is 16.8. The van der Waals surface area contributed by atoms with Crippen LogP contribution in [0.4, 0.5) is 5.82 Å². The molecule has 0 amide bonds. The summed E-state index contributed by atoms with van der Waals surface area (Å²) in [5.74, 6) is 0.967. The second-order valence-corrected chi connectivity index (χ2v) is 6.86. The van der Waals surface area contributed by atoms with Gasteiger partial charge in [-0.1, -0.05) is 6.07 Å². The zero-order valence-corrected chi connectivity index (χ0v) is 15.2. The van der Waals surface area contributed by atoms with Gasteiger partial charge in [-0.3, -0.25) is 4.98 Å². The van der Waals surface area contributed by atoms with Crippen LogP contribution in [0.15, 0.2) is 36.9 Å². The quantitative estimate of drug-likeness (QED) is 0.721. The van der Waals surface area contributed by atoms with Crippen LogP contribution < -0.4 is 4.90 Å². The fraction of sp³-hybridized carbons (Fsp3) is 0.400. The van der Waals surface area contributed by atoms with Gasteiger partial charge >= 0.3 is 0 Å². The minimum atomic E-state index is 0.188. The minimum Gasteiger partial charge on any atom is -0.372 e. The van der Waals surface area contributed by atoms with Gasteiger partial charge in [0.25, 0.3) is 0 Å². The summed E-state index contributed by atoms with van der Waals surface area (Å²) < 4.78 is 6.14. The summed E-state index contributed by atoms with van der Waals surface area (Å²) in [4.78, 5) is 20.0. The molecule has 0 unspecified atom stereocenters. The topological polar surface area (TPSA) is 64.0 Å². The van der Waals surface area contributed by atoms with Crippen LogP contribution in [0.5, 0.6) is 0 Å². The van der Waals surface area contributed by atoms with Crippen molar-refractivity contribution in [2.45, 2.75) is 39.4 Å². The molecule has 6 nitrogen and oxygen atoms in total. The second-order valence-electron chi connectivity index (χ2n) is 6.86. The van der Waals surface area contributed by atoms with Crippen LogP contribution in [0, 0.1) is 13.8 Å². The van der Waals surface area contributed by atoms with Crippen molar-refractivity contribution in [2.24, 2.45) is 0 Å². The number of rotatable bonds is 4. The predicted octanol–water partition coefficient (Wildman–Crippen LogP) is 3.22. The Morgan fingerprint density at radius 3 is 3.04 bits per heavy atom. The molecule has 1 fully saturated rings. The second kappa shape index (κ2) is 7.33. The maximum Gasteiger partial charge on any atom is 0.165 e. The van der Waals surface area contributed by atoms with Crippen LogP contribution in [0.1, 0.15) is 29.7 Å². The van der Waals surface area contributed by atoms with E-state index in [0.717, 1.165) is 54.0 Å². The minimum absolute atomic E-state index is 0.188. The highest BCUT2D eigenvalue weighted by atomic mass is 16.5. The average molecular weight is 349 g/mol. The van der Waals surface area contributed by atoms with E-state index in [0.29, 0.717) is 6.61 Å². The van der Waals surface area contributed by atoms with Gasteiger partial charge in [-0.25, -0.2) is 15.0 Å².